The summed E-state index contributed by atoms with van der Waals surface area (Å²) in [6, 6.07) is 8.44. The Bertz CT molecular complexity index is 314. The highest BCUT2D eigenvalue weighted by molar-refractivity contribution is 5.53. The molecule has 0 unspecified atom stereocenters. The second-order valence-electron chi connectivity index (χ2n) is 3.89. The highest BCUT2D eigenvalue weighted by atomic mass is 16.7. The van der Waals surface area contributed by atoms with E-state index in [1.165, 1.54) is 11.3 Å². The van der Waals surface area contributed by atoms with Gasteiger partial charge in [0.05, 0.1) is 6.61 Å². The van der Waals surface area contributed by atoms with Gasteiger partial charge in [0, 0.05) is 25.3 Å². The van der Waals surface area contributed by atoms with Crippen LogP contribution in [0.4, 0.5) is 5.69 Å². The van der Waals surface area contributed by atoms with Crippen molar-refractivity contribution in [3.63, 3.8) is 0 Å². The molecule has 1 heterocycles. The van der Waals surface area contributed by atoms with Crippen molar-refractivity contribution < 1.29 is 9.47 Å². The molecule has 0 spiro atoms. The molecule has 3 heteroatoms. The summed E-state index contributed by atoms with van der Waals surface area (Å²) in [4.78, 5) is 0. The quantitative estimate of drug-likeness (QED) is 0.604. The van der Waals surface area contributed by atoms with Crippen molar-refractivity contribution in [1.82, 2.24) is 0 Å². The number of anilines is 1. The zero-order chi connectivity index (χ0) is 10.5. The van der Waals surface area contributed by atoms with Gasteiger partial charge in [0.25, 0.3) is 0 Å². The first kappa shape index (κ1) is 10.5. The third-order valence-corrected chi connectivity index (χ3v) is 2.66. The lowest BCUT2D eigenvalue weighted by Gasteiger charge is -2.25. The van der Waals surface area contributed by atoms with Crippen molar-refractivity contribution >= 4 is 5.69 Å². The van der Waals surface area contributed by atoms with Crippen LogP contribution in [-0.4, -0.2) is 27.1 Å². The molecule has 0 bridgehead atoms. The molecule has 0 amide bonds. The highest BCUT2D eigenvalue weighted by Crippen LogP contribution is 2.24. The van der Waals surface area contributed by atoms with E-state index >= 15 is 0 Å². The Labute approximate surface area is 90.4 Å². The van der Waals surface area contributed by atoms with Crippen LogP contribution in [0.1, 0.15) is 5.56 Å². The van der Waals surface area contributed by atoms with Crippen molar-refractivity contribution in [2.24, 2.45) is 5.92 Å². The molecular formula is C12H17NO2. The van der Waals surface area contributed by atoms with Crippen LogP contribution in [0, 0.1) is 5.92 Å². The second-order valence-corrected chi connectivity index (χ2v) is 3.89. The lowest BCUT2D eigenvalue weighted by molar-refractivity contribution is -0.0422. The van der Waals surface area contributed by atoms with E-state index in [1.807, 2.05) is 0 Å². The Morgan fingerprint density at radius 1 is 1.40 bits per heavy atom. The standard InChI is InChI=1S/C12H17NO2/c1-14-9-15-8-10-6-11-4-2-3-5-12(11)13-7-10/h2-5,10,13H,6-9H2,1H3/t10-/m1/s1. The molecule has 0 aromatic heterocycles. The largest absolute Gasteiger partial charge is 0.384 e. The fourth-order valence-corrected chi connectivity index (χ4v) is 1.92. The van der Waals surface area contributed by atoms with E-state index in [1.54, 1.807) is 7.11 Å². The number of methoxy groups -OCH3 is 1. The van der Waals surface area contributed by atoms with Crippen molar-refractivity contribution in [3.8, 4) is 0 Å². The molecular weight excluding hydrogens is 190 g/mol. The van der Waals surface area contributed by atoms with Gasteiger partial charge in [-0.2, -0.15) is 0 Å². The zero-order valence-corrected chi connectivity index (χ0v) is 9.03. The van der Waals surface area contributed by atoms with E-state index in [0.717, 1.165) is 19.6 Å². The normalized spacial score (nSPS) is 19.4. The molecule has 0 radical (unpaired) electrons. The van der Waals surface area contributed by atoms with Gasteiger partial charge in [-0.1, -0.05) is 18.2 Å². The maximum absolute atomic E-state index is 5.38. The average Bonchev–Trinajstić information content (AvgIpc) is 2.29. The SMILES string of the molecule is COCOC[C@H]1CNc2ccccc2C1. The van der Waals surface area contributed by atoms with Crippen LogP contribution in [0.15, 0.2) is 24.3 Å². The summed E-state index contributed by atoms with van der Waals surface area (Å²) in [7, 11) is 1.65. The van der Waals surface area contributed by atoms with Crippen LogP contribution in [-0.2, 0) is 15.9 Å². The monoisotopic (exact) mass is 207 g/mol. The zero-order valence-electron chi connectivity index (χ0n) is 9.03. The molecule has 1 aromatic rings. The van der Waals surface area contributed by atoms with Crippen LogP contribution >= 0.6 is 0 Å². The molecule has 2 rings (SSSR count). The molecule has 0 fully saturated rings. The molecule has 1 atom stereocenters. The third-order valence-electron chi connectivity index (χ3n) is 2.66. The molecule has 1 aromatic carbocycles. The smallest absolute Gasteiger partial charge is 0.146 e. The topological polar surface area (TPSA) is 30.5 Å². The summed E-state index contributed by atoms with van der Waals surface area (Å²) >= 11 is 0. The lowest BCUT2D eigenvalue weighted by Crippen LogP contribution is -2.27. The van der Waals surface area contributed by atoms with Gasteiger partial charge in [-0.3, -0.25) is 0 Å². The van der Waals surface area contributed by atoms with E-state index in [2.05, 4.69) is 29.6 Å². The molecule has 0 aliphatic carbocycles. The molecule has 0 saturated heterocycles. The van der Waals surface area contributed by atoms with E-state index in [4.69, 9.17) is 9.47 Å². The van der Waals surface area contributed by atoms with Gasteiger partial charge in [0.1, 0.15) is 6.79 Å². The fourth-order valence-electron chi connectivity index (χ4n) is 1.92. The van der Waals surface area contributed by atoms with Gasteiger partial charge < -0.3 is 14.8 Å². The van der Waals surface area contributed by atoms with Gasteiger partial charge >= 0.3 is 0 Å². The molecule has 1 N–H and O–H groups in total. The van der Waals surface area contributed by atoms with Crippen LogP contribution in [0.3, 0.4) is 0 Å². The van der Waals surface area contributed by atoms with Crippen LogP contribution in [0.25, 0.3) is 0 Å². The predicted molar refractivity (Wildman–Crippen MR) is 60.0 cm³/mol. The van der Waals surface area contributed by atoms with E-state index in [0.29, 0.717) is 12.7 Å². The van der Waals surface area contributed by atoms with Gasteiger partial charge in [-0.15, -0.1) is 0 Å². The summed E-state index contributed by atoms with van der Waals surface area (Å²) in [5, 5.41) is 3.42. The fraction of sp³-hybridized carbons (Fsp3) is 0.500. The first-order chi connectivity index (χ1) is 7.40. The predicted octanol–water partition coefficient (Wildman–Crippen LogP) is 1.89. The molecule has 15 heavy (non-hydrogen) atoms. The molecule has 1 aliphatic heterocycles. The Morgan fingerprint density at radius 3 is 3.13 bits per heavy atom. The number of hydrogen-bond acceptors (Lipinski definition) is 3. The highest BCUT2D eigenvalue weighted by Gasteiger charge is 2.17. The lowest BCUT2D eigenvalue weighted by atomic mass is 9.95. The van der Waals surface area contributed by atoms with Gasteiger partial charge in [0.2, 0.25) is 0 Å². The third kappa shape index (κ3) is 2.70. The number of benzene rings is 1. The molecule has 1 aliphatic rings. The Hall–Kier alpha value is -1.06. The average molecular weight is 207 g/mol. The van der Waals surface area contributed by atoms with Crippen molar-refractivity contribution in [3.05, 3.63) is 29.8 Å². The summed E-state index contributed by atoms with van der Waals surface area (Å²) < 4.78 is 10.2. The summed E-state index contributed by atoms with van der Waals surface area (Å²) in [6.07, 6.45) is 1.09. The first-order valence-corrected chi connectivity index (χ1v) is 5.28. The summed E-state index contributed by atoms with van der Waals surface area (Å²) in [6.45, 7) is 2.13. The van der Waals surface area contributed by atoms with Crippen molar-refractivity contribution in [2.45, 2.75) is 6.42 Å². The van der Waals surface area contributed by atoms with Gasteiger partial charge in [-0.25, -0.2) is 0 Å². The molecule has 0 saturated carbocycles. The number of fused-ring (bicyclic) bond motifs is 1. The minimum atomic E-state index is 0.387. The van der Waals surface area contributed by atoms with E-state index in [9.17, 15) is 0 Å². The minimum absolute atomic E-state index is 0.387. The van der Waals surface area contributed by atoms with Gasteiger partial charge in [0.15, 0.2) is 0 Å². The Morgan fingerprint density at radius 2 is 2.27 bits per heavy atom. The number of nitrogens with one attached hydrogen (secondary N) is 1. The number of para-hydroxylation sites is 1. The Kier molecular flexibility index (Phi) is 3.59. The number of hydrogen-bond donors (Lipinski definition) is 1. The van der Waals surface area contributed by atoms with E-state index < -0.39 is 0 Å². The summed E-state index contributed by atoms with van der Waals surface area (Å²) in [5.41, 5.74) is 2.65. The minimum Gasteiger partial charge on any atom is -0.384 e. The van der Waals surface area contributed by atoms with Crippen molar-refractivity contribution in [1.29, 1.82) is 0 Å². The Balaban J connectivity index is 1.88. The first-order valence-electron chi connectivity index (χ1n) is 5.28. The van der Waals surface area contributed by atoms with Crippen LogP contribution in [0.2, 0.25) is 0 Å². The maximum atomic E-state index is 5.38. The molecule has 3 nitrogen and oxygen atoms in total. The maximum Gasteiger partial charge on any atom is 0.146 e. The van der Waals surface area contributed by atoms with E-state index in [-0.39, 0.29) is 0 Å². The second kappa shape index (κ2) is 5.14. The van der Waals surface area contributed by atoms with Crippen molar-refractivity contribution in [2.75, 3.05) is 32.4 Å². The van der Waals surface area contributed by atoms with Gasteiger partial charge in [-0.05, 0) is 18.1 Å². The molecule has 82 valence electrons. The van der Waals surface area contributed by atoms with Crippen LogP contribution < -0.4 is 5.32 Å². The number of ether oxygens (including phenoxy) is 2. The van der Waals surface area contributed by atoms with Crippen LogP contribution in [0.5, 0.6) is 0 Å². The summed E-state index contributed by atoms with van der Waals surface area (Å²) in [5.74, 6) is 0.551. The number of rotatable bonds is 4.